The van der Waals surface area contributed by atoms with E-state index in [1.54, 1.807) is 11.0 Å². The molecule has 3 aromatic rings. The highest BCUT2D eigenvalue weighted by Gasteiger charge is 2.46. The van der Waals surface area contributed by atoms with Gasteiger partial charge in [-0.3, -0.25) is 9.59 Å². The van der Waals surface area contributed by atoms with E-state index in [2.05, 4.69) is 0 Å². The summed E-state index contributed by atoms with van der Waals surface area (Å²) in [6.45, 7) is 4.99. The summed E-state index contributed by atoms with van der Waals surface area (Å²) in [6.07, 6.45) is 2.27. The molecule has 2 aliphatic heterocycles. The molecular formula is C31H31NO5. The highest BCUT2D eigenvalue weighted by molar-refractivity contribution is 6.46. The van der Waals surface area contributed by atoms with Crippen LogP contribution in [0.25, 0.3) is 5.76 Å². The number of aliphatic hydroxyl groups is 1. The van der Waals surface area contributed by atoms with Crippen molar-refractivity contribution in [1.29, 1.82) is 0 Å². The largest absolute Gasteiger partial charge is 0.507 e. The van der Waals surface area contributed by atoms with Gasteiger partial charge in [-0.25, -0.2) is 0 Å². The first-order chi connectivity index (χ1) is 18.0. The van der Waals surface area contributed by atoms with Crippen LogP contribution in [0.4, 0.5) is 0 Å². The summed E-state index contributed by atoms with van der Waals surface area (Å²) < 4.78 is 11.5. The number of amides is 1. The summed E-state index contributed by atoms with van der Waals surface area (Å²) in [5.41, 5.74) is 3.40. The topological polar surface area (TPSA) is 76.1 Å². The van der Waals surface area contributed by atoms with E-state index < -0.39 is 17.7 Å². The Morgan fingerprint density at radius 2 is 1.81 bits per heavy atom. The van der Waals surface area contributed by atoms with Crippen molar-refractivity contribution in [3.8, 4) is 11.5 Å². The number of aliphatic hydroxyl groups excluding tert-OH is 1. The molecule has 190 valence electrons. The molecule has 1 N–H and O–H groups in total. The van der Waals surface area contributed by atoms with Gasteiger partial charge in [0.2, 0.25) is 0 Å². The first-order valence-corrected chi connectivity index (χ1v) is 12.8. The standard InChI is InChI=1S/C31H31NO5/c1-3-17-36-25-12-9-22(10-13-25)28-27(29(33)23-11-14-26-24(19-23)18-20(2)37-26)30(34)31(35)32(28)16-15-21-7-5-4-6-8-21/h4-14,19-20,28,33H,3,15-18H2,1-2H3/b29-27+/t20-,28+/m0/s1. The summed E-state index contributed by atoms with van der Waals surface area (Å²) in [7, 11) is 0. The number of Topliss-reactive ketones (excluding diaryl/α,β-unsaturated/α-hetero) is 1. The van der Waals surface area contributed by atoms with Crippen molar-refractivity contribution in [3.63, 3.8) is 0 Å². The summed E-state index contributed by atoms with van der Waals surface area (Å²) >= 11 is 0. The molecule has 0 bridgehead atoms. The molecule has 2 heterocycles. The van der Waals surface area contributed by atoms with Crippen LogP contribution in [0, 0.1) is 0 Å². The quantitative estimate of drug-likeness (QED) is 0.254. The number of rotatable bonds is 8. The molecule has 2 atom stereocenters. The number of hydrogen-bond acceptors (Lipinski definition) is 5. The zero-order valence-corrected chi connectivity index (χ0v) is 21.1. The Labute approximate surface area is 217 Å². The lowest BCUT2D eigenvalue weighted by Crippen LogP contribution is -2.31. The normalized spacial score (nSPS) is 20.1. The predicted octanol–water partition coefficient (Wildman–Crippen LogP) is 5.46. The van der Waals surface area contributed by atoms with Crippen LogP contribution in [-0.4, -0.2) is 41.0 Å². The van der Waals surface area contributed by atoms with Gasteiger partial charge >= 0.3 is 0 Å². The summed E-state index contributed by atoms with van der Waals surface area (Å²) in [5, 5.41) is 11.4. The van der Waals surface area contributed by atoms with Crippen molar-refractivity contribution in [2.45, 2.75) is 45.3 Å². The van der Waals surface area contributed by atoms with Crippen molar-refractivity contribution < 1.29 is 24.2 Å². The van der Waals surface area contributed by atoms with Gasteiger partial charge in [0.15, 0.2) is 0 Å². The molecule has 0 aliphatic carbocycles. The summed E-state index contributed by atoms with van der Waals surface area (Å²) in [6, 6.07) is 22.0. The van der Waals surface area contributed by atoms with E-state index in [-0.39, 0.29) is 17.4 Å². The van der Waals surface area contributed by atoms with Gasteiger partial charge < -0.3 is 19.5 Å². The van der Waals surface area contributed by atoms with Gasteiger partial charge in [-0.1, -0.05) is 49.4 Å². The van der Waals surface area contributed by atoms with Crippen molar-refractivity contribution in [1.82, 2.24) is 4.90 Å². The van der Waals surface area contributed by atoms with E-state index in [9.17, 15) is 14.7 Å². The Morgan fingerprint density at radius 3 is 2.54 bits per heavy atom. The molecule has 37 heavy (non-hydrogen) atoms. The van der Waals surface area contributed by atoms with Crippen LogP contribution in [0.3, 0.4) is 0 Å². The Kier molecular flexibility index (Phi) is 6.99. The third-order valence-corrected chi connectivity index (χ3v) is 6.86. The maximum Gasteiger partial charge on any atom is 0.295 e. The number of carbonyl (C=O) groups excluding carboxylic acids is 2. The van der Waals surface area contributed by atoms with Crippen molar-refractivity contribution in [3.05, 3.63) is 101 Å². The predicted molar refractivity (Wildman–Crippen MR) is 142 cm³/mol. The zero-order valence-electron chi connectivity index (χ0n) is 21.1. The highest BCUT2D eigenvalue weighted by Crippen LogP contribution is 2.41. The third-order valence-electron chi connectivity index (χ3n) is 6.86. The van der Waals surface area contributed by atoms with E-state index in [0.717, 1.165) is 41.0 Å². The van der Waals surface area contributed by atoms with Crippen LogP contribution in [-0.2, 0) is 22.4 Å². The molecule has 0 spiro atoms. The highest BCUT2D eigenvalue weighted by atomic mass is 16.5. The van der Waals surface area contributed by atoms with Crippen molar-refractivity contribution >= 4 is 17.4 Å². The Bertz CT molecular complexity index is 1330. The second kappa shape index (κ2) is 10.5. The Balaban J connectivity index is 1.54. The molecule has 6 nitrogen and oxygen atoms in total. The first kappa shape index (κ1) is 24.6. The molecule has 0 radical (unpaired) electrons. The maximum atomic E-state index is 13.4. The van der Waals surface area contributed by atoms with E-state index in [1.165, 1.54) is 0 Å². The van der Waals surface area contributed by atoms with Gasteiger partial charge in [-0.2, -0.15) is 0 Å². The number of ether oxygens (including phenoxy) is 2. The zero-order chi connectivity index (χ0) is 25.9. The minimum atomic E-state index is -0.702. The molecule has 1 saturated heterocycles. The molecule has 2 aliphatic rings. The average molecular weight is 498 g/mol. The number of hydrogen-bond donors (Lipinski definition) is 1. The Hall–Kier alpha value is -4.06. The smallest absolute Gasteiger partial charge is 0.295 e. The van der Waals surface area contributed by atoms with Gasteiger partial charge in [0.05, 0.1) is 18.2 Å². The molecule has 6 heteroatoms. The molecular weight excluding hydrogens is 466 g/mol. The van der Waals surface area contributed by atoms with Gasteiger partial charge in [0.1, 0.15) is 23.4 Å². The second-order valence-corrected chi connectivity index (χ2v) is 9.60. The molecule has 0 aromatic heterocycles. The van der Waals surface area contributed by atoms with Gasteiger partial charge in [0.25, 0.3) is 11.7 Å². The van der Waals surface area contributed by atoms with E-state index in [1.807, 2.05) is 80.6 Å². The van der Waals surface area contributed by atoms with Crippen LogP contribution >= 0.6 is 0 Å². The van der Waals surface area contributed by atoms with Crippen molar-refractivity contribution in [2.24, 2.45) is 0 Å². The minimum Gasteiger partial charge on any atom is -0.507 e. The van der Waals surface area contributed by atoms with E-state index >= 15 is 0 Å². The molecule has 1 amide bonds. The minimum absolute atomic E-state index is 0.0596. The van der Waals surface area contributed by atoms with Crippen LogP contribution < -0.4 is 9.47 Å². The number of ketones is 1. The number of fused-ring (bicyclic) bond motifs is 1. The molecule has 0 saturated carbocycles. The summed E-state index contributed by atoms with van der Waals surface area (Å²) in [4.78, 5) is 28.2. The number of likely N-dealkylation sites (tertiary alicyclic amines) is 1. The van der Waals surface area contributed by atoms with E-state index in [0.29, 0.717) is 25.1 Å². The lowest BCUT2D eigenvalue weighted by molar-refractivity contribution is -0.139. The van der Waals surface area contributed by atoms with Crippen LogP contribution in [0.1, 0.15) is 48.6 Å². The maximum absolute atomic E-state index is 13.4. The van der Waals surface area contributed by atoms with Gasteiger partial charge in [-0.05, 0) is 66.8 Å². The third kappa shape index (κ3) is 4.96. The second-order valence-electron chi connectivity index (χ2n) is 9.60. The number of benzene rings is 3. The fourth-order valence-electron chi connectivity index (χ4n) is 5.04. The van der Waals surface area contributed by atoms with Crippen LogP contribution in [0.2, 0.25) is 0 Å². The van der Waals surface area contributed by atoms with Crippen LogP contribution in [0.5, 0.6) is 11.5 Å². The average Bonchev–Trinajstić information content (AvgIpc) is 3.42. The monoisotopic (exact) mass is 497 g/mol. The van der Waals surface area contributed by atoms with Gasteiger partial charge in [0, 0.05) is 18.5 Å². The molecule has 1 fully saturated rings. The van der Waals surface area contributed by atoms with Crippen molar-refractivity contribution in [2.75, 3.05) is 13.2 Å². The Morgan fingerprint density at radius 1 is 1.05 bits per heavy atom. The molecule has 5 rings (SSSR count). The van der Waals surface area contributed by atoms with E-state index in [4.69, 9.17) is 9.47 Å². The SMILES string of the molecule is CCCOc1ccc([C@@H]2/C(=C(\O)c3ccc4c(c3)C[C@H](C)O4)C(=O)C(=O)N2CCc2ccccc2)cc1. The fourth-order valence-corrected chi connectivity index (χ4v) is 5.04. The lowest BCUT2D eigenvalue weighted by Gasteiger charge is -2.25. The number of carbonyl (C=O) groups is 2. The first-order valence-electron chi connectivity index (χ1n) is 12.8. The molecule has 0 unspecified atom stereocenters. The van der Waals surface area contributed by atoms with Crippen LogP contribution in [0.15, 0.2) is 78.4 Å². The molecule has 3 aromatic carbocycles. The lowest BCUT2D eigenvalue weighted by atomic mass is 9.94. The fraction of sp³-hybridized carbons (Fsp3) is 0.290. The summed E-state index contributed by atoms with van der Waals surface area (Å²) in [5.74, 6) is 0.0595. The van der Waals surface area contributed by atoms with Gasteiger partial charge in [-0.15, -0.1) is 0 Å². The number of nitrogens with zero attached hydrogens (tertiary/aromatic N) is 1.